The molecule has 150 valence electrons. The van der Waals surface area contributed by atoms with Crippen LogP contribution in [0.5, 0.6) is 0 Å². The van der Waals surface area contributed by atoms with Gasteiger partial charge < -0.3 is 14.6 Å². The number of hydrogen-bond donors (Lipinski definition) is 2. The van der Waals surface area contributed by atoms with E-state index in [4.69, 9.17) is 0 Å². The van der Waals surface area contributed by atoms with E-state index in [9.17, 15) is 22.4 Å². The van der Waals surface area contributed by atoms with Crippen molar-refractivity contribution in [3.8, 4) is 0 Å². The van der Waals surface area contributed by atoms with Crippen molar-refractivity contribution in [2.24, 2.45) is 0 Å². The van der Waals surface area contributed by atoms with Crippen molar-refractivity contribution < 1.29 is 30.0 Å². The average molecular weight is 409 g/mol. The number of ether oxygens (including phenoxy) is 1. The van der Waals surface area contributed by atoms with Crippen LogP contribution in [0.3, 0.4) is 0 Å². The summed E-state index contributed by atoms with van der Waals surface area (Å²) >= 11 is 0. The Hall–Kier alpha value is -3.40. The number of fused-ring (bicyclic) bond motifs is 1. The summed E-state index contributed by atoms with van der Waals surface area (Å²) in [6.45, 7) is -0.000914. The second kappa shape index (κ2) is 7.69. The number of benzene rings is 2. The zero-order chi connectivity index (χ0) is 20.3. The van der Waals surface area contributed by atoms with Crippen molar-refractivity contribution in [1.29, 1.82) is 0 Å². The van der Waals surface area contributed by atoms with Crippen LogP contribution in [0.4, 0.5) is 14.9 Å². The number of hydrogen-bond acceptors (Lipinski definition) is 5. The maximum Gasteiger partial charge on any atom is 0.420 e. The first kappa shape index (κ1) is 19.4. The fraction of sp³-hybridized carbons (Fsp3) is 0.111. The van der Waals surface area contributed by atoms with Gasteiger partial charge in [0, 0.05) is 25.6 Å². The normalized spacial score (nSPS) is 11.2. The molecule has 1 aromatic heterocycles. The van der Waals surface area contributed by atoms with Gasteiger partial charge in [0.05, 0.1) is 12.0 Å². The van der Waals surface area contributed by atoms with E-state index in [1.165, 1.54) is 36.4 Å². The van der Waals surface area contributed by atoms with Crippen LogP contribution in [0.1, 0.15) is 2.85 Å². The van der Waals surface area contributed by atoms with E-state index in [1.54, 1.807) is 27.6 Å². The lowest BCUT2D eigenvalue weighted by atomic mass is 10.2. The van der Waals surface area contributed by atoms with Crippen molar-refractivity contribution in [1.82, 2.24) is 9.29 Å². The summed E-state index contributed by atoms with van der Waals surface area (Å²) in [5.74, 6) is -0.698. The SMILES string of the molecule is COC(=O)NS(=O)(=O)c1ccc(NC(=O)Cn2ccc3cc(F)ccc32)cc1.[HH].[HH]. The number of halogens is 1. The Bertz CT molecular complexity index is 1150. The molecule has 0 fully saturated rings. The topological polar surface area (TPSA) is 106 Å². The zero-order valence-corrected chi connectivity index (χ0v) is 15.5. The standard InChI is InChI=1S/C18H16FN3O5S.2H2/c1-27-18(24)21-28(25,26)15-5-3-14(4-6-15)20-17(23)11-22-9-8-12-10-13(19)2-7-16(12)22;;/h2-10H,11H2,1H3,(H,20,23)(H,21,24);2*1H. The molecule has 0 saturated heterocycles. The van der Waals surface area contributed by atoms with Crippen LogP contribution < -0.4 is 10.0 Å². The van der Waals surface area contributed by atoms with E-state index in [0.717, 1.165) is 7.11 Å². The quantitative estimate of drug-likeness (QED) is 0.674. The number of carbonyl (C=O) groups excluding carboxylic acids is 2. The number of anilines is 1. The molecular formula is C18H20FN3O5S. The molecule has 1 heterocycles. The summed E-state index contributed by atoms with van der Waals surface area (Å²) < 4.78 is 44.8. The summed E-state index contributed by atoms with van der Waals surface area (Å²) in [6, 6.07) is 11.3. The molecule has 0 aliphatic heterocycles. The van der Waals surface area contributed by atoms with Crippen LogP contribution in [0.2, 0.25) is 0 Å². The molecule has 10 heteroatoms. The minimum absolute atomic E-state index is 0. The van der Waals surface area contributed by atoms with Gasteiger partial charge in [-0.2, -0.15) is 0 Å². The lowest BCUT2D eigenvalue weighted by Crippen LogP contribution is -2.30. The molecule has 2 aromatic carbocycles. The third-order valence-corrected chi connectivity index (χ3v) is 5.23. The molecule has 0 radical (unpaired) electrons. The second-order valence-electron chi connectivity index (χ2n) is 5.82. The number of rotatable bonds is 5. The molecule has 0 atom stereocenters. The Balaban J connectivity index is 0.00000225. The highest BCUT2D eigenvalue weighted by Gasteiger charge is 2.18. The smallest absolute Gasteiger partial charge is 0.420 e. The first-order valence-corrected chi connectivity index (χ1v) is 9.52. The molecule has 3 aromatic rings. The largest absolute Gasteiger partial charge is 0.452 e. The van der Waals surface area contributed by atoms with Gasteiger partial charge in [-0.05, 0) is 48.5 Å². The van der Waals surface area contributed by atoms with E-state index < -0.39 is 16.1 Å². The molecular weight excluding hydrogens is 389 g/mol. The van der Waals surface area contributed by atoms with Crippen LogP contribution in [0.15, 0.2) is 59.6 Å². The lowest BCUT2D eigenvalue weighted by molar-refractivity contribution is -0.116. The molecule has 0 unspecified atom stereocenters. The van der Waals surface area contributed by atoms with Gasteiger partial charge in [-0.1, -0.05) is 0 Å². The van der Waals surface area contributed by atoms with Gasteiger partial charge in [-0.25, -0.2) is 22.3 Å². The van der Waals surface area contributed by atoms with E-state index in [1.807, 2.05) is 0 Å². The third kappa shape index (κ3) is 4.29. The molecule has 3 rings (SSSR count). The highest BCUT2D eigenvalue weighted by molar-refractivity contribution is 7.90. The minimum Gasteiger partial charge on any atom is -0.452 e. The highest BCUT2D eigenvalue weighted by Crippen LogP contribution is 2.18. The molecule has 0 saturated carbocycles. The van der Waals surface area contributed by atoms with Crippen molar-refractivity contribution in [3.63, 3.8) is 0 Å². The molecule has 0 aliphatic carbocycles. The summed E-state index contributed by atoms with van der Waals surface area (Å²) in [6.07, 6.45) is 0.578. The number of nitrogens with one attached hydrogen (secondary N) is 2. The number of nitrogens with zero attached hydrogens (tertiary/aromatic N) is 1. The Morgan fingerprint density at radius 1 is 1.14 bits per heavy atom. The summed E-state index contributed by atoms with van der Waals surface area (Å²) in [4.78, 5) is 23.2. The van der Waals surface area contributed by atoms with Crippen molar-refractivity contribution in [3.05, 3.63) is 60.5 Å². The van der Waals surface area contributed by atoms with Crippen LogP contribution >= 0.6 is 0 Å². The van der Waals surface area contributed by atoms with Crippen LogP contribution in [0, 0.1) is 5.82 Å². The first-order chi connectivity index (χ1) is 13.3. The minimum atomic E-state index is -4.06. The van der Waals surface area contributed by atoms with Crippen molar-refractivity contribution in [2.45, 2.75) is 11.4 Å². The van der Waals surface area contributed by atoms with E-state index in [-0.39, 0.29) is 26.0 Å². The van der Waals surface area contributed by atoms with Crippen LogP contribution in [-0.4, -0.2) is 32.1 Å². The number of carbonyl (C=O) groups is 2. The number of sulfonamides is 1. The average Bonchev–Trinajstić information content (AvgIpc) is 3.03. The van der Waals surface area contributed by atoms with E-state index in [2.05, 4.69) is 10.1 Å². The van der Waals surface area contributed by atoms with Gasteiger partial charge in [0.2, 0.25) is 5.91 Å². The molecule has 0 bridgehead atoms. The number of methoxy groups -OCH3 is 1. The fourth-order valence-corrected chi connectivity index (χ4v) is 3.51. The van der Waals surface area contributed by atoms with E-state index in [0.29, 0.717) is 16.6 Å². The van der Waals surface area contributed by atoms with Crippen molar-refractivity contribution >= 4 is 38.6 Å². The van der Waals surface area contributed by atoms with Gasteiger partial charge in [0.25, 0.3) is 10.0 Å². The zero-order valence-electron chi connectivity index (χ0n) is 14.7. The van der Waals surface area contributed by atoms with Crippen LogP contribution in [0.25, 0.3) is 10.9 Å². The summed E-state index contributed by atoms with van der Waals surface area (Å²) in [7, 11) is -3.01. The molecule has 0 aliphatic rings. The van der Waals surface area contributed by atoms with Gasteiger partial charge in [-0.15, -0.1) is 0 Å². The Labute approximate surface area is 162 Å². The summed E-state index contributed by atoms with van der Waals surface area (Å²) in [5, 5.41) is 3.33. The Morgan fingerprint density at radius 3 is 2.54 bits per heavy atom. The lowest BCUT2D eigenvalue weighted by Gasteiger charge is -2.09. The van der Waals surface area contributed by atoms with Gasteiger partial charge in [0.1, 0.15) is 12.4 Å². The predicted molar refractivity (Wildman–Crippen MR) is 104 cm³/mol. The molecule has 28 heavy (non-hydrogen) atoms. The second-order valence-corrected chi connectivity index (χ2v) is 7.50. The number of aromatic nitrogens is 1. The van der Waals surface area contributed by atoms with Gasteiger partial charge in [0.15, 0.2) is 0 Å². The predicted octanol–water partition coefficient (Wildman–Crippen LogP) is 2.96. The van der Waals surface area contributed by atoms with Crippen LogP contribution in [-0.2, 0) is 26.1 Å². The van der Waals surface area contributed by atoms with E-state index >= 15 is 0 Å². The molecule has 8 nitrogen and oxygen atoms in total. The molecule has 2 N–H and O–H groups in total. The summed E-state index contributed by atoms with van der Waals surface area (Å²) in [5.41, 5.74) is 1.09. The van der Waals surface area contributed by atoms with Crippen molar-refractivity contribution in [2.75, 3.05) is 12.4 Å². The fourth-order valence-electron chi connectivity index (χ4n) is 2.59. The van der Waals surface area contributed by atoms with Gasteiger partial charge >= 0.3 is 6.09 Å². The Kier molecular flexibility index (Phi) is 5.32. The monoisotopic (exact) mass is 409 g/mol. The number of amides is 2. The third-order valence-electron chi connectivity index (χ3n) is 3.90. The maximum absolute atomic E-state index is 13.2. The highest BCUT2D eigenvalue weighted by atomic mass is 32.2. The molecule has 0 spiro atoms. The maximum atomic E-state index is 13.2. The Morgan fingerprint density at radius 2 is 1.86 bits per heavy atom. The van der Waals surface area contributed by atoms with Gasteiger partial charge in [-0.3, -0.25) is 4.79 Å². The molecule has 2 amide bonds. The first-order valence-electron chi connectivity index (χ1n) is 8.03.